The second-order valence-corrected chi connectivity index (χ2v) is 6.86. The quantitative estimate of drug-likeness (QED) is 0.731. The Kier molecular flexibility index (Phi) is 3.44. The van der Waals surface area contributed by atoms with Gasteiger partial charge in [-0.05, 0) is 44.5 Å². The molecule has 25 heavy (non-hydrogen) atoms. The van der Waals surface area contributed by atoms with Crippen LogP contribution < -0.4 is 9.47 Å². The van der Waals surface area contributed by atoms with Crippen LogP contribution in [0.25, 0.3) is 0 Å². The van der Waals surface area contributed by atoms with Crippen molar-refractivity contribution in [1.29, 1.82) is 0 Å². The van der Waals surface area contributed by atoms with Crippen molar-refractivity contribution < 1.29 is 24.8 Å². The minimum absolute atomic E-state index is 0.0215. The number of aliphatic hydroxyl groups is 1. The van der Waals surface area contributed by atoms with E-state index in [0.29, 0.717) is 34.6 Å². The second-order valence-electron chi connectivity index (χ2n) is 6.86. The molecule has 2 aliphatic heterocycles. The van der Waals surface area contributed by atoms with Gasteiger partial charge in [0.25, 0.3) is 0 Å². The molecule has 5 heteroatoms. The number of allylic oxidation sites excluding steroid dienone is 2. The van der Waals surface area contributed by atoms with Gasteiger partial charge in [-0.15, -0.1) is 0 Å². The molecule has 2 heterocycles. The fourth-order valence-corrected chi connectivity index (χ4v) is 3.50. The lowest BCUT2D eigenvalue weighted by molar-refractivity contribution is -0.0866. The molecule has 0 amide bonds. The van der Waals surface area contributed by atoms with E-state index in [-0.39, 0.29) is 18.1 Å². The summed E-state index contributed by atoms with van der Waals surface area (Å²) in [5, 5.41) is 31.1. The van der Waals surface area contributed by atoms with E-state index in [4.69, 9.17) is 9.47 Å². The number of phenols is 2. The summed E-state index contributed by atoms with van der Waals surface area (Å²) in [6.45, 7) is 4.01. The minimum atomic E-state index is -1.32. The fourth-order valence-electron chi connectivity index (χ4n) is 3.50. The van der Waals surface area contributed by atoms with E-state index in [2.05, 4.69) is 0 Å². The lowest BCUT2D eigenvalue weighted by atomic mass is 9.83. The molecule has 130 valence electrons. The van der Waals surface area contributed by atoms with Gasteiger partial charge in [-0.3, -0.25) is 0 Å². The summed E-state index contributed by atoms with van der Waals surface area (Å²) in [6, 6.07) is 8.00. The molecule has 0 saturated carbocycles. The van der Waals surface area contributed by atoms with Crippen LogP contribution in [-0.4, -0.2) is 21.9 Å². The first kappa shape index (κ1) is 15.8. The monoisotopic (exact) mass is 340 g/mol. The van der Waals surface area contributed by atoms with Crippen LogP contribution in [-0.2, 0) is 12.0 Å². The molecule has 0 unspecified atom stereocenters. The molecule has 2 aliphatic rings. The van der Waals surface area contributed by atoms with Crippen LogP contribution in [0.1, 0.15) is 36.6 Å². The predicted octanol–water partition coefficient (Wildman–Crippen LogP) is 3.32. The maximum absolute atomic E-state index is 11.2. The van der Waals surface area contributed by atoms with Crippen LogP contribution >= 0.6 is 0 Å². The topological polar surface area (TPSA) is 79.2 Å². The molecule has 2 atom stereocenters. The number of hydrogen-bond acceptors (Lipinski definition) is 5. The summed E-state index contributed by atoms with van der Waals surface area (Å²) >= 11 is 0. The number of hydrogen-bond donors (Lipinski definition) is 3. The highest BCUT2D eigenvalue weighted by atomic mass is 16.5. The molecule has 0 saturated heterocycles. The van der Waals surface area contributed by atoms with Crippen molar-refractivity contribution in [3.05, 3.63) is 58.7 Å². The van der Waals surface area contributed by atoms with E-state index < -0.39 is 11.7 Å². The summed E-state index contributed by atoms with van der Waals surface area (Å²) in [5.41, 5.74) is 1.80. The molecular weight excluding hydrogens is 320 g/mol. The Morgan fingerprint density at radius 1 is 1.24 bits per heavy atom. The van der Waals surface area contributed by atoms with E-state index in [0.717, 1.165) is 5.57 Å². The first-order valence-electron chi connectivity index (χ1n) is 8.23. The van der Waals surface area contributed by atoms with Gasteiger partial charge in [0.2, 0.25) is 0 Å². The number of ether oxygens (including phenoxy) is 2. The lowest BCUT2D eigenvalue weighted by Crippen LogP contribution is -2.41. The van der Waals surface area contributed by atoms with Crippen LogP contribution in [0.15, 0.2) is 42.0 Å². The Morgan fingerprint density at radius 2 is 2.04 bits per heavy atom. The van der Waals surface area contributed by atoms with Gasteiger partial charge >= 0.3 is 0 Å². The highest BCUT2D eigenvalue weighted by Gasteiger charge is 2.53. The molecule has 2 aromatic carbocycles. The van der Waals surface area contributed by atoms with E-state index in [1.807, 2.05) is 19.9 Å². The highest BCUT2D eigenvalue weighted by molar-refractivity contribution is 5.57. The standard InChI is InChI=1S/C20H20O5/c1-11(2)3-5-13-16(22)8-6-14-18(13)24-10-20(23)15-7-4-12(21)9-17(15)25-19(14)20/h3-4,6-9,19,21-23H,5,10H2,1-2H3/t19-,20-/m0/s1. The van der Waals surface area contributed by atoms with Gasteiger partial charge < -0.3 is 24.8 Å². The van der Waals surface area contributed by atoms with Crippen molar-refractivity contribution in [2.45, 2.75) is 32.0 Å². The van der Waals surface area contributed by atoms with Gasteiger partial charge in [0.1, 0.15) is 29.6 Å². The van der Waals surface area contributed by atoms with Crippen LogP contribution in [0.2, 0.25) is 0 Å². The van der Waals surface area contributed by atoms with Crippen LogP contribution in [0.3, 0.4) is 0 Å². The molecular formula is C20H20O5. The SMILES string of the molecule is CC(C)=CCc1c(O)ccc2c1OC[C@]1(O)c3ccc(O)cc3O[C@@H]21. The molecule has 3 N–H and O–H groups in total. The molecule has 0 aromatic heterocycles. The van der Waals surface area contributed by atoms with Crippen molar-refractivity contribution in [3.63, 3.8) is 0 Å². The second kappa shape index (κ2) is 5.43. The maximum Gasteiger partial charge on any atom is 0.168 e. The van der Waals surface area contributed by atoms with Crippen LogP contribution in [0, 0.1) is 0 Å². The van der Waals surface area contributed by atoms with Gasteiger partial charge in [-0.1, -0.05) is 11.6 Å². The van der Waals surface area contributed by atoms with E-state index >= 15 is 0 Å². The average Bonchev–Trinajstić information content (AvgIpc) is 2.85. The number of fused-ring (bicyclic) bond motifs is 5. The predicted molar refractivity (Wildman–Crippen MR) is 92.1 cm³/mol. The van der Waals surface area contributed by atoms with E-state index in [1.54, 1.807) is 18.2 Å². The smallest absolute Gasteiger partial charge is 0.168 e. The number of benzene rings is 2. The molecule has 5 nitrogen and oxygen atoms in total. The summed E-state index contributed by atoms with van der Waals surface area (Å²) < 4.78 is 11.8. The Bertz CT molecular complexity index is 882. The van der Waals surface area contributed by atoms with Crippen molar-refractivity contribution in [2.75, 3.05) is 6.61 Å². The number of rotatable bonds is 2. The zero-order valence-corrected chi connectivity index (χ0v) is 14.1. The van der Waals surface area contributed by atoms with E-state index in [9.17, 15) is 15.3 Å². The Hall–Kier alpha value is -2.66. The van der Waals surface area contributed by atoms with Crippen molar-refractivity contribution in [3.8, 4) is 23.0 Å². The molecule has 0 radical (unpaired) electrons. The third kappa shape index (κ3) is 2.35. The lowest BCUT2D eigenvalue weighted by Gasteiger charge is -2.35. The van der Waals surface area contributed by atoms with Gasteiger partial charge in [-0.25, -0.2) is 0 Å². The maximum atomic E-state index is 11.2. The zero-order chi connectivity index (χ0) is 17.8. The molecule has 2 aromatic rings. The molecule has 0 fully saturated rings. The molecule has 0 bridgehead atoms. The summed E-state index contributed by atoms with van der Waals surface area (Å²) in [4.78, 5) is 0. The largest absolute Gasteiger partial charge is 0.508 e. The van der Waals surface area contributed by atoms with Crippen LogP contribution in [0.4, 0.5) is 0 Å². The number of phenolic OH excluding ortho intramolecular Hbond substituents is 2. The molecule has 0 spiro atoms. The average molecular weight is 340 g/mol. The van der Waals surface area contributed by atoms with Crippen molar-refractivity contribution in [2.24, 2.45) is 0 Å². The zero-order valence-electron chi connectivity index (χ0n) is 14.1. The van der Waals surface area contributed by atoms with Gasteiger partial charge in [0, 0.05) is 22.8 Å². The first-order chi connectivity index (χ1) is 11.9. The number of aromatic hydroxyl groups is 2. The van der Waals surface area contributed by atoms with Crippen molar-refractivity contribution in [1.82, 2.24) is 0 Å². The Morgan fingerprint density at radius 3 is 2.80 bits per heavy atom. The highest BCUT2D eigenvalue weighted by Crippen LogP contribution is 2.55. The first-order valence-corrected chi connectivity index (χ1v) is 8.23. The minimum Gasteiger partial charge on any atom is -0.508 e. The van der Waals surface area contributed by atoms with Gasteiger partial charge in [0.15, 0.2) is 11.7 Å². The fraction of sp³-hybridized carbons (Fsp3) is 0.300. The summed E-state index contributed by atoms with van der Waals surface area (Å²) in [7, 11) is 0. The third-order valence-electron chi connectivity index (χ3n) is 4.81. The van der Waals surface area contributed by atoms with Crippen molar-refractivity contribution >= 4 is 0 Å². The van der Waals surface area contributed by atoms with Gasteiger partial charge in [-0.2, -0.15) is 0 Å². The normalized spacial score (nSPS) is 22.9. The Balaban J connectivity index is 1.81. The van der Waals surface area contributed by atoms with Gasteiger partial charge in [0.05, 0.1) is 0 Å². The van der Waals surface area contributed by atoms with Crippen LogP contribution in [0.5, 0.6) is 23.0 Å². The molecule has 0 aliphatic carbocycles. The third-order valence-corrected chi connectivity index (χ3v) is 4.81. The van der Waals surface area contributed by atoms with E-state index in [1.165, 1.54) is 12.1 Å². The Labute approximate surface area is 145 Å². The summed E-state index contributed by atoms with van der Waals surface area (Å²) in [5.74, 6) is 1.25. The summed E-state index contributed by atoms with van der Waals surface area (Å²) in [6.07, 6.45) is 1.91. The molecule has 4 rings (SSSR count).